The first-order valence-corrected chi connectivity index (χ1v) is 9.58. The molecule has 0 saturated carbocycles. The van der Waals surface area contributed by atoms with Gasteiger partial charge in [0.1, 0.15) is 0 Å². The van der Waals surface area contributed by atoms with E-state index in [1.165, 1.54) is 30.5 Å². The maximum Gasteiger partial charge on any atom is 0.196 e. The molecule has 3 rings (SSSR count). The van der Waals surface area contributed by atoms with Gasteiger partial charge in [-0.3, -0.25) is 9.67 Å². The number of hydrogen-bond donors (Lipinski definition) is 3. The van der Waals surface area contributed by atoms with Gasteiger partial charge in [0.05, 0.1) is 18.4 Å². The number of aromatic nitrogens is 3. The van der Waals surface area contributed by atoms with Crippen LogP contribution in [-0.4, -0.2) is 31.6 Å². The molecule has 1 atom stereocenters. The van der Waals surface area contributed by atoms with Crippen LogP contribution >= 0.6 is 12.2 Å². The number of rotatable bonds is 3. The molecule has 0 spiro atoms. The number of aliphatic hydroxyl groups is 2. The molecule has 0 radical (unpaired) electrons. The molecule has 0 bridgehead atoms. The number of aliphatic hydroxyl groups excluding tert-OH is 2. The fourth-order valence-electron chi connectivity index (χ4n) is 3.13. The van der Waals surface area contributed by atoms with Crippen molar-refractivity contribution in [2.24, 2.45) is 0 Å². The van der Waals surface area contributed by atoms with Gasteiger partial charge in [0.2, 0.25) is 0 Å². The Morgan fingerprint density at radius 2 is 2.04 bits per heavy atom. The van der Waals surface area contributed by atoms with E-state index in [0.717, 1.165) is 24.2 Å². The zero-order valence-corrected chi connectivity index (χ0v) is 17.5. The molecule has 1 aliphatic rings. The van der Waals surface area contributed by atoms with E-state index in [2.05, 4.69) is 64.9 Å². The van der Waals surface area contributed by atoms with Crippen LogP contribution in [0, 0.1) is 17.6 Å². The van der Waals surface area contributed by atoms with Crippen molar-refractivity contribution in [1.82, 2.24) is 14.8 Å². The summed E-state index contributed by atoms with van der Waals surface area (Å²) in [4.78, 5) is 0. The summed E-state index contributed by atoms with van der Waals surface area (Å²) in [5.41, 5.74) is 3.98. The van der Waals surface area contributed by atoms with E-state index in [0.29, 0.717) is 10.8 Å². The van der Waals surface area contributed by atoms with Crippen molar-refractivity contribution in [2.45, 2.75) is 46.1 Å². The van der Waals surface area contributed by atoms with Crippen molar-refractivity contribution in [1.29, 1.82) is 0 Å². The zero-order valence-electron chi connectivity index (χ0n) is 16.7. The molecule has 5 nitrogen and oxygen atoms in total. The Morgan fingerprint density at radius 1 is 1.36 bits per heavy atom. The molecule has 0 amide bonds. The van der Waals surface area contributed by atoms with Crippen molar-refractivity contribution < 1.29 is 10.2 Å². The number of hydrogen-bond acceptors (Lipinski definition) is 4. The Hall–Kier alpha value is -2.62. The van der Waals surface area contributed by atoms with Crippen LogP contribution in [0.25, 0.3) is 5.57 Å². The molecule has 1 aliphatic carbocycles. The van der Waals surface area contributed by atoms with E-state index in [1.54, 1.807) is 0 Å². The van der Waals surface area contributed by atoms with Gasteiger partial charge in [0.25, 0.3) is 0 Å². The highest BCUT2D eigenvalue weighted by molar-refractivity contribution is 7.71. The number of terminal acetylenes is 1. The van der Waals surface area contributed by atoms with Gasteiger partial charge in [-0.05, 0) is 75.0 Å². The first kappa shape index (κ1) is 23.4. The highest BCUT2D eigenvalue weighted by atomic mass is 32.1. The maximum atomic E-state index is 8.25. The van der Waals surface area contributed by atoms with E-state index in [9.17, 15) is 0 Å². The second kappa shape index (κ2) is 12.0. The van der Waals surface area contributed by atoms with E-state index in [-0.39, 0.29) is 12.4 Å². The number of nitrogens with zero attached hydrogens (tertiary/aromatic N) is 2. The lowest BCUT2D eigenvalue weighted by atomic mass is 9.87. The van der Waals surface area contributed by atoms with Crippen molar-refractivity contribution in [2.75, 3.05) is 6.61 Å². The van der Waals surface area contributed by atoms with Crippen LogP contribution in [0.5, 0.6) is 0 Å². The number of allylic oxidation sites excluding steroid dienone is 3. The molecule has 0 aliphatic heterocycles. The standard InChI is InChI=1S/C16H19N3S.C4H8O2.C2H2/c1-3-11(2)15-17-18-16(20)19(15)14-10-6-8-12-7-4-5-9-13(12)14;1-4(6)2-3-5;1-2/h3-5,7,9,14H,6,8,10H2,1-2H3,(H,18,20);2,5-6H,3H2,1H3;1-2H/b11-3+;4-2+;. The molecule has 1 aromatic carbocycles. The molecule has 2 aromatic rings. The van der Waals surface area contributed by atoms with Crippen LogP contribution in [-0.2, 0) is 6.42 Å². The summed E-state index contributed by atoms with van der Waals surface area (Å²) in [6, 6.07) is 8.99. The summed E-state index contributed by atoms with van der Waals surface area (Å²) in [5.74, 6) is 1.12. The number of aromatic amines is 1. The van der Waals surface area contributed by atoms with Gasteiger partial charge in [-0.2, -0.15) is 5.10 Å². The topological polar surface area (TPSA) is 74.1 Å². The monoisotopic (exact) mass is 399 g/mol. The highest BCUT2D eigenvalue weighted by Crippen LogP contribution is 2.34. The number of benzene rings is 1. The number of nitrogens with one attached hydrogen (secondary N) is 1. The largest absolute Gasteiger partial charge is 0.513 e. The average Bonchev–Trinajstić information content (AvgIpc) is 3.10. The SMILES string of the molecule is C#C.C/C(O)=C\CO.C/C=C(\C)c1n[nH]c(=S)n1C1CCCc2ccccc21. The molecule has 0 fully saturated rings. The van der Waals surface area contributed by atoms with Gasteiger partial charge in [0, 0.05) is 0 Å². The molecule has 6 heteroatoms. The second-order valence-electron chi connectivity index (χ2n) is 6.33. The molecule has 150 valence electrons. The van der Waals surface area contributed by atoms with Crippen LogP contribution in [0.2, 0.25) is 0 Å². The van der Waals surface area contributed by atoms with Crippen LogP contribution in [0.15, 0.2) is 42.2 Å². The summed E-state index contributed by atoms with van der Waals surface area (Å²) >= 11 is 5.47. The van der Waals surface area contributed by atoms with Crippen molar-refractivity contribution in [3.63, 3.8) is 0 Å². The minimum Gasteiger partial charge on any atom is -0.513 e. The normalized spacial score (nSPS) is 16.1. The quantitative estimate of drug-likeness (QED) is 0.387. The van der Waals surface area contributed by atoms with Gasteiger partial charge < -0.3 is 10.2 Å². The number of H-pyrrole nitrogens is 1. The van der Waals surface area contributed by atoms with Crippen molar-refractivity contribution in [3.05, 3.63) is 63.9 Å². The van der Waals surface area contributed by atoms with Gasteiger partial charge >= 0.3 is 0 Å². The predicted molar refractivity (Wildman–Crippen MR) is 118 cm³/mol. The Kier molecular flexibility index (Phi) is 10.0. The number of fused-ring (bicyclic) bond motifs is 1. The lowest BCUT2D eigenvalue weighted by Crippen LogP contribution is -2.19. The third-order valence-corrected chi connectivity index (χ3v) is 4.81. The Morgan fingerprint density at radius 3 is 2.61 bits per heavy atom. The van der Waals surface area contributed by atoms with Gasteiger partial charge in [-0.25, -0.2) is 0 Å². The van der Waals surface area contributed by atoms with Crippen LogP contribution in [0.1, 0.15) is 56.6 Å². The lowest BCUT2D eigenvalue weighted by Gasteiger charge is -2.27. The first-order chi connectivity index (χ1) is 13.5. The molecule has 1 heterocycles. The maximum absolute atomic E-state index is 8.25. The molecule has 0 saturated heterocycles. The molecule has 1 aromatic heterocycles. The number of aryl methyl sites for hydroxylation is 1. The third kappa shape index (κ3) is 5.95. The molecule has 1 unspecified atom stereocenters. The van der Waals surface area contributed by atoms with Gasteiger partial charge in [-0.15, -0.1) is 12.8 Å². The summed E-state index contributed by atoms with van der Waals surface area (Å²) in [5, 5.41) is 23.6. The predicted octanol–water partition coefficient (Wildman–Crippen LogP) is 4.98. The first-order valence-electron chi connectivity index (χ1n) is 9.17. The lowest BCUT2D eigenvalue weighted by molar-refractivity contribution is 0.329. The van der Waals surface area contributed by atoms with Crippen LogP contribution in [0.4, 0.5) is 0 Å². The van der Waals surface area contributed by atoms with E-state index < -0.39 is 0 Å². The third-order valence-electron chi connectivity index (χ3n) is 4.53. The summed E-state index contributed by atoms with van der Waals surface area (Å²) in [6.07, 6.45) is 14.9. The van der Waals surface area contributed by atoms with Crippen molar-refractivity contribution in [3.8, 4) is 12.8 Å². The smallest absolute Gasteiger partial charge is 0.196 e. The Balaban J connectivity index is 0.000000422. The highest BCUT2D eigenvalue weighted by Gasteiger charge is 2.24. The fraction of sp³-hybridized carbons (Fsp3) is 0.364. The molecule has 28 heavy (non-hydrogen) atoms. The molecular weight excluding hydrogens is 370 g/mol. The zero-order chi connectivity index (χ0) is 21.1. The minimum atomic E-state index is -0.0810. The van der Waals surface area contributed by atoms with Gasteiger partial charge in [-0.1, -0.05) is 30.3 Å². The second-order valence-corrected chi connectivity index (χ2v) is 6.72. The van der Waals surface area contributed by atoms with Crippen LogP contribution in [0.3, 0.4) is 0 Å². The van der Waals surface area contributed by atoms with E-state index >= 15 is 0 Å². The van der Waals surface area contributed by atoms with Crippen molar-refractivity contribution >= 4 is 17.8 Å². The summed E-state index contributed by atoms with van der Waals surface area (Å²) in [7, 11) is 0. The molecule has 3 N–H and O–H groups in total. The van der Waals surface area contributed by atoms with Gasteiger partial charge in [0.15, 0.2) is 10.6 Å². The van der Waals surface area contributed by atoms with E-state index in [4.69, 9.17) is 22.4 Å². The average molecular weight is 400 g/mol. The Labute approximate surface area is 172 Å². The fourth-order valence-corrected chi connectivity index (χ4v) is 3.39. The molecular formula is C22H29N3O2S. The Bertz CT molecular complexity index is 886. The minimum absolute atomic E-state index is 0.0810. The van der Waals surface area contributed by atoms with Crippen LogP contribution < -0.4 is 0 Å². The summed E-state index contributed by atoms with van der Waals surface area (Å²) < 4.78 is 2.89. The summed E-state index contributed by atoms with van der Waals surface area (Å²) in [6.45, 7) is 5.54. The van der Waals surface area contributed by atoms with E-state index in [1.807, 2.05) is 6.92 Å².